The topological polar surface area (TPSA) is 49.7 Å². The van der Waals surface area contributed by atoms with E-state index in [0.717, 1.165) is 25.7 Å². The molecule has 0 rings (SSSR count). The number of hydrogen-bond donors (Lipinski definition) is 2. The van der Waals surface area contributed by atoms with E-state index in [4.69, 9.17) is 14.7 Å². The molecule has 0 aromatic rings. The Hall–Kier alpha value is -0.0551. The largest absolute Gasteiger partial charge is 0.634 e. The van der Waals surface area contributed by atoms with Crippen LogP contribution >= 0.6 is 0 Å². The van der Waals surface area contributed by atoms with Crippen LogP contribution in [0.3, 0.4) is 0 Å². The van der Waals surface area contributed by atoms with Gasteiger partial charge < -0.3 is 14.7 Å². The molecule has 3 nitrogen and oxygen atoms in total. The van der Waals surface area contributed by atoms with E-state index < -0.39 is 7.32 Å². The molecule has 2 N–H and O–H groups in total. The first-order valence-corrected chi connectivity index (χ1v) is 4.22. The van der Waals surface area contributed by atoms with E-state index in [9.17, 15) is 0 Å². The van der Waals surface area contributed by atoms with Gasteiger partial charge in [0.25, 0.3) is 0 Å². The van der Waals surface area contributed by atoms with Gasteiger partial charge in [-0.2, -0.15) is 0 Å². The Balaban J connectivity index is 3.41. The first-order valence-electron chi connectivity index (χ1n) is 4.22. The molecule has 0 spiro atoms. The van der Waals surface area contributed by atoms with Gasteiger partial charge in [0.05, 0.1) is 0 Å². The highest BCUT2D eigenvalue weighted by Gasteiger charge is 2.15. The minimum atomic E-state index is -1.61. The molecule has 0 aliphatic heterocycles. The summed E-state index contributed by atoms with van der Waals surface area (Å²) in [6.45, 7) is 4.07. The summed E-state index contributed by atoms with van der Waals surface area (Å²) in [6, 6.07) is 0. The van der Waals surface area contributed by atoms with Gasteiger partial charge in [-0.15, -0.1) is 0 Å². The second-order valence-electron chi connectivity index (χ2n) is 2.63. The average molecular weight is 160 g/mol. The zero-order valence-corrected chi connectivity index (χ0v) is 7.29. The maximum absolute atomic E-state index is 8.49. The van der Waals surface area contributed by atoms with Gasteiger partial charge in [-0.3, -0.25) is 0 Å². The summed E-state index contributed by atoms with van der Waals surface area (Å²) in [5, 5.41) is 17.0. The number of unbranched alkanes of at least 4 members (excludes halogenated alkanes) is 1. The quantitative estimate of drug-likeness (QED) is 0.568. The Morgan fingerprint density at radius 2 is 2.00 bits per heavy atom. The minimum Gasteiger partial charge on any atom is -0.402 e. The monoisotopic (exact) mass is 160 g/mol. The standard InChI is InChI=1S/C7H17BO3/c1-3-5-6-7(4-2)11-8(9)10/h7,9-10H,3-6H2,1-2H3. The molecular formula is C7H17BO3. The van der Waals surface area contributed by atoms with Crippen molar-refractivity contribution in [2.75, 3.05) is 0 Å². The zero-order chi connectivity index (χ0) is 8.69. The highest BCUT2D eigenvalue weighted by Crippen LogP contribution is 2.08. The summed E-state index contributed by atoms with van der Waals surface area (Å²) in [5.41, 5.74) is 0. The molecule has 0 bridgehead atoms. The first-order chi connectivity index (χ1) is 5.20. The molecule has 0 fully saturated rings. The maximum atomic E-state index is 8.49. The van der Waals surface area contributed by atoms with Gasteiger partial charge in [-0.1, -0.05) is 26.7 Å². The highest BCUT2D eigenvalue weighted by atomic mass is 16.6. The normalized spacial score (nSPS) is 13.1. The zero-order valence-electron chi connectivity index (χ0n) is 7.29. The van der Waals surface area contributed by atoms with Crippen molar-refractivity contribution in [3.63, 3.8) is 0 Å². The summed E-state index contributed by atoms with van der Waals surface area (Å²) in [7, 11) is -1.61. The van der Waals surface area contributed by atoms with E-state index in [1.54, 1.807) is 0 Å². The van der Waals surface area contributed by atoms with Crippen molar-refractivity contribution < 1.29 is 14.7 Å². The predicted molar refractivity (Wildman–Crippen MR) is 44.9 cm³/mol. The molecular weight excluding hydrogens is 143 g/mol. The fourth-order valence-corrected chi connectivity index (χ4v) is 0.972. The van der Waals surface area contributed by atoms with Crippen molar-refractivity contribution in [1.82, 2.24) is 0 Å². The predicted octanol–water partition coefficient (Wildman–Crippen LogP) is 0.941. The van der Waals surface area contributed by atoms with Gasteiger partial charge in [0.15, 0.2) is 0 Å². The lowest BCUT2D eigenvalue weighted by Crippen LogP contribution is -2.25. The van der Waals surface area contributed by atoms with Crippen LogP contribution in [0.4, 0.5) is 0 Å². The van der Waals surface area contributed by atoms with Gasteiger partial charge in [0.1, 0.15) is 0 Å². The van der Waals surface area contributed by atoms with Crippen LogP contribution < -0.4 is 0 Å². The lowest BCUT2D eigenvalue weighted by atomic mass is 10.1. The van der Waals surface area contributed by atoms with E-state index in [0.29, 0.717) is 0 Å². The van der Waals surface area contributed by atoms with Crippen molar-refractivity contribution in [3.8, 4) is 0 Å². The Kier molecular flexibility index (Phi) is 6.61. The Labute approximate surface area is 68.6 Å². The van der Waals surface area contributed by atoms with Crippen LogP contribution in [0.25, 0.3) is 0 Å². The van der Waals surface area contributed by atoms with Crippen LogP contribution in [0.2, 0.25) is 0 Å². The second kappa shape index (κ2) is 6.64. The summed E-state index contributed by atoms with van der Waals surface area (Å²) in [5.74, 6) is 0. The molecule has 0 aliphatic rings. The molecule has 0 saturated carbocycles. The summed E-state index contributed by atoms with van der Waals surface area (Å²) >= 11 is 0. The van der Waals surface area contributed by atoms with Gasteiger partial charge >= 0.3 is 7.32 Å². The van der Waals surface area contributed by atoms with Gasteiger partial charge in [-0.05, 0) is 12.8 Å². The van der Waals surface area contributed by atoms with Crippen molar-refractivity contribution in [2.24, 2.45) is 0 Å². The van der Waals surface area contributed by atoms with Gasteiger partial charge in [0.2, 0.25) is 0 Å². The minimum absolute atomic E-state index is 0.00468. The number of hydrogen-bond acceptors (Lipinski definition) is 3. The van der Waals surface area contributed by atoms with Crippen molar-refractivity contribution in [2.45, 2.75) is 45.6 Å². The molecule has 4 heteroatoms. The van der Waals surface area contributed by atoms with E-state index in [2.05, 4.69) is 6.92 Å². The van der Waals surface area contributed by atoms with E-state index in [-0.39, 0.29) is 6.10 Å². The van der Waals surface area contributed by atoms with E-state index in [1.807, 2.05) is 6.92 Å². The molecule has 0 aliphatic carbocycles. The summed E-state index contributed by atoms with van der Waals surface area (Å²) < 4.78 is 4.81. The molecule has 0 radical (unpaired) electrons. The smallest absolute Gasteiger partial charge is 0.402 e. The fourth-order valence-electron chi connectivity index (χ4n) is 0.972. The third-order valence-corrected chi connectivity index (χ3v) is 1.65. The lowest BCUT2D eigenvalue weighted by molar-refractivity contribution is 0.107. The second-order valence-corrected chi connectivity index (χ2v) is 2.63. The molecule has 66 valence electrons. The Morgan fingerprint density at radius 1 is 1.36 bits per heavy atom. The van der Waals surface area contributed by atoms with Gasteiger partial charge in [0, 0.05) is 6.10 Å². The van der Waals surface area contributed by atoms with Crippen LogP contribution in [0.5, 0.6) is 0 Å². The van der Waals surface area contributed by atoms with Gasteiger partial charge in [-0.25, -0.2) is 0 Å². The number of rotatable bonds is 6. The summed E-state index contributed by atoms with van der Waals surface area (Å²) in [6.07, 6.45) is 3.92. The third-order valence-electron chi connectivity index (χ3n) is 1.65. The van der Waals surface area contributed by atoms with Crippen LogP contribution in [-0.4, -0.2) is 23.5 Å². The van der Waals surface area contributed by atoms with Crippen LogP contribution in [0, 0.1) is 0 Å². The average Bonchev–Trinajstić information content (AvgIpc) is 1.97. The lowest BCUT2D eigenvalue weighted by Gasteiger charge is -2.14. The van der Waals surface area contributed by atoms with Crippen molar-refractivity contribution in [1.29, 1.82) is 0 Å². The van der Waals surface area contributed by atoms with Crippen LogP contribution in [0.1, 0.15) is 39.5 Å². The Bertz CT molecular complexity index is 87.8. The summed E-state index contributed by atoms with van der Waals surface area (Å²) in [4.78, 5) is 0. The van der Waals surface area contributed by atoms with Crippen molar-refractivity contribution in [3.05, 3.63) is 0 Å². The highest BCUT2D eigenvalue weighted by molar-refractivity contribution is 6.32. The molecule has 1 atom stereocenters. The van der Waals surface area contributed by atoms with Crippen molar-refractivity contribution >= 4 is 7.32 Å². The molecule has 11 heavy (non-hydrogen) atoms. The first kappa shape index (κ1) is 10.9. The van der Waals surface area contributed by atoms with E-state index in [1.165, 1.54) is 0 Å². The molecule has 0 heterocycles. The molecule has 0 amide bonds. The SMILES string of the molecule is CCCCC(CC)OB(O)O. The van der Waals surface area contributed by atoms with E-state index >= 15 is 0 Å². The molecule has 0 saturated heterocycles. The van der Waals surface area contributed by atoms with Crippen LogP contribution in [-0.2, 0) is 4.65 Å². The Morgan fingerprint density at radius 3 is 2.36 bits per heavy atom. The molecule has 0 aromatic heterocycles. The van der Waals surface area contributed by atoms with Crippen LogP contribution in [0.15, 0.2) is 0 Å². The molecule has 1 unspecified atom stereocenters. The maximum Gasteiger partial charge on any atom is 0.634 e. The molecule has 0 aromatic carbocycles. The third kappa shape index (κ3) is 6.35. The fraction of sp³-hybridized carbons (Fsp3) is 1.00.